The third kappa shape index (κ3) is 6.51. The van der Waals surface area contributed by atoms with Crippen molar-refractivity contribution in [2.75, 3.05) is 0 Å². The lowest BCUT2D eigenvalue weighted by atomic mass is 9.70. The number of halogens is 3. The molecule has 0 saturated heterocycles. The Morgan fingerprint density at radius 2 is 1.77 bits per heavy atom. The van der Waals surface area contributed by atoms with E-state index >= 15 is 0 Å². The Hall–Kier alpha value is -1.99. The second-order valence-electron chi connectivity index (χ2n) is 8.53. The van der Waals surface area contributed by atoms with Crippen LogP contribution in [0.15, 0.2) is 54.1 Å². The molecule has 1 saturated carbocycles. The van der Waals surface area contributed by atoms with Gasteiger partial charge in [0.2, 0.25) is 0 Å². The van der Waals surface area contributed by atoms with Crippen LogP contribution in [0.2, 0.25) is 0 Å². The van der Waals surface area contributed by atoms with Gasteiger partial charge in [-0.05, 0) is 42.9 Å². The molecule has 2 aliphatic carbocycles. The zero-order chi connectivity index (χ0) is 21.5. The lowest BCUT2D eigenvalue weighted by Crippen LogP contribution is -2.45. The van der Waals surface area contributed by atoms with Crippen LogP contribution >= 0.6 is 0 Å². The molecule has 2 aliphatic rings. The van der Waals surface area contributed by atoms with Gasteiger partial charge in [0.15, 0.2) is 0 Å². The molecule has 1 atom stereocenters. The van der Waals surface area contributed by atoms with Crippen molar-refractivity contribution in [1.82, 2.24) is 0 Å². The molecule has 1 fully saturated rings. The summed E-state index contributed by atoms with van der Waals surface area (Å²) in [6.45, 7) is 2.19. The zero-order valence-corrected chi connectivity index (χ0v) is 17.7. The molecule has 0 heterocycles. The minimum absolute atomic E-state index is 0.113. The standard InChI is InChI=1S/C26H31F3O/c1-2-3-5-8-22-13-15-24(16-14-22)25(30-26(27,28)29)19-17-23(18-20-25)12-11-21-9-6-4-7-10-21/h4,6-7,9-10,17-19,22,24H,2-3,5,8,13-16,20H2,1H3. The van der Waals surface area contributed by atoms with E-state index in [0.29, 0.717) is 5.92 Å². The summed E-state index contributed by atoms with van der Waals surface area (Å²) < 4.78 is 44.6. The molecule has 1 aromatic carbocycles. The minimum Gasteiger partial charge on any atom is -0.280 e. The Morgan fingerprint density at radius 3 is 2.37 bits per heavy atom. The topological polar surface area (TPSA) is 9.23 Å². The number of ether oxygens (including phenoxy) is 1. The van der Waals surface area contributed by atoms with Crippen molar-refractivity contribution >= 4 is 0 Å². The van der Waals surface area contributed by atoms with Crippen molar-refractivity contribution in [3.63, 3.8) is 0 Å². The van der Waals surface area contributed by atoms with E-state index in [1.54, 1.807) is 18.2 Å². The maximum Gasteiger partial charge on any atom is 0.523 e. The molecule has 1 aromatic rings. The molecule has 0 amide bonds. The third-order valence-corrected chi connectivity index (χ3v) is 6.37. The van der Waals surface area contributed by atoms with Gasteiger partial charge in [-0.15, -0.1) is 13.2 Å². The van der Waals surface area contributed by atoms with Crippen LogP contribution in [-0.4, -0.2) is 12.0 Å². The molecule has 3 rings (SSSR count). The maximum absolute atomic E-state index is 13.3. The lowest BCUT2D eigenvalue weighted by molar-refractivity contribution is -0.366. The fraction of sp³-hybridized carbons (Fsp3) is 0.538. The molecule has 162 valence electrons. The Morgan fingerprint density at radius 1 is 1.03 bits per heavy atom. The molecule has 4 heteroatoms. The van der Waals surface area contributed by atoms with Crippen molar-refractivity contribution in [3.8, 4) is 11.8 Å². The van der Waals surface area contributed by atoms with Crippen molar-refractivity contribution in [3.05, 3.63) is 59.7 Å². The summed E-state index contributed by atoms with van der Waals surface area (Å²) in [7, 11) is 0. The predicted molar refractivity (Wildman–Crippen MR) is 115 cm³/mol. The molecule has 0 spiro atoms. The SMILES string of the molecule is CCCCCC1CCC(C2(OC(F)(F)F)C=CC(C#Cc3ccccc3)=CC2)CC1. The summed E-state index contributed by atoms with van der Waals surface area (Å²) in [6.07, 6.45) is 9.12. The van der Waals surface area contributed by atoms with Crippen LogP contribution in [0.5, 0.6) is 0 Å². The van der Waals surface area contributed by atoms with Crippen molar-refractivity contribution < 1.29 is 17.9 Å². The van der Waals surface area contributed by atoms with Crippen LogP contribution in [0.3, 0.4) is 0 Å². The molecule has 30 heavy (non-hydrogen) atoms. The highest BCUT2D eigenvalue weighted by Gasteiger charge is 2.47. The van der Waals surface area contributed by atoms with E-state index < -0.39 is 12.0 Å². The first kappa shape index (κ1) is 22.7. The van der Waals surface area contributed by atoms with Gasteiger partial charge in [0.25, 0.3) is 0 Å². The van der Waals surface area contributed by atoms with Gasteiger partial charge in [-0.1, -0.05) is 87.6 Å². The molecule has 0 bridgehead atoms. The van der Waals surface area contributed by atoms with Gasteiger partial charge in [-0.25, -0.2) is 0 Å². The van der Waals surface area contributed by atoms with Crippen LogP contribution < -0.4 is 0 Å². The van der Waals surface area contributed by atoms with Gasteiger partial charge in [-0.3, -0.25) is 4.74 Å². The van der Waals surface area contributed by atoms with E-state index in [2.05, 4.69) is 18.8 Å². The van der Waals surface area contributed by atoms with Gasteiger partial charge >= 0.3 is 6.36 Å². The number of hydrogen-bond donors (Lipinski definition) is 0. The fourth-order valence-electron chi connectivity index (χ4n) is 4.69. The first-order valence-corrected chi connectivity index (χ1v) is 11.1. The van der Waals surface area contributed by atoms with E-state index in [-0.39, 0.29) is 12.3 Å². The van der Waals surface area contributed by atoms with Crippen molar-refractivity contribution in [2.24, 2.45) is 11.8 Å². The van der Waals surface area contributed by atoms with Crippen LogP contribution in [0.1, 0.15) is 70.3 Å². The van der Waals surface area contributed by atoms with E-state index in [0.717, 1.165) is 36.8 Å². The Labute approximate surface area is 178 Å². The highest BCUT2D eigenvalue weighted by atomic mass is 19.4. The second kappa shape index (κ2) is 10.4. The third-order valence-electron chi connectivity index (χ3n) is 6.37. The Kier molecular flexibility index (Phi) is 7.83. The summed E-state index contributed by atoms with van der Waals surface area (Å²) >= 11 is 0. The monoisotopic (exact) mass is 416 g/mol. The molecular weight excluding hydrogens is 385 g/mol. The Bertz CT molecular complexity index is 789. The summed E-state index contributed by atoms with van der Waals surface area (Å²) in [5.41, 5.74) is 0.329. The molecule has 1 unspecified atom stereocenters. The number of benzene rings is 1. The lowest BCUT2D eigenvalue weighted by Gasteiger charge is -2.43. The maximum atomic E-state index is 13.3. The fourth-order valence-corrected chi connectivity index (χ4v) is 4.69. The molecule has 0 aliphatic heterocycles. The molecule has 0 N–H and O–H groups in total. The van der Waals surface area contributed by atoms with Gasteiger partial charge in [0.1, 0.15) is 5.60 Å². The normalized spacial score (nSPS) is 26.6. The van der Waals surface area contributed by atoms with Crippen LogP contribution in [0.25, 0.3) is 0 Å². The quantitative estimate of drug-likeness (QED) is 0.343. The van der Waals surface area contributed by atoms with E-state index in [4.69, 9.17) is 4.74 Å². The number of rotatable bonds is 6. The first-order chi connectivity index (χ1) is 14.4. The summed E-state index contributed by atoms with van der Waals surface area (Å²) in [4.78, 5) is 0. The first-order valence-electron chi connectivity index (χ1n) is 11.1. The smallest absolute Gasteiger partial charge is 0.280 e. The highest BCUT2D eigenvalue weighted by molar-refractivity contribution is 5.47. The van der Waals surface area contributed by atoms with Crippen LogP contribution in [-0.2, 0) is 4.74 Å². The van der Waals surface area contributed by atoms with Gasteiger partial charge in [-0.2, -0.15) is 0 Å². The predicted octanol–water partition coefficient (Wildman–Crippen LogP) is 7.59. The van der Waals surface area contributed by atoms with E-state index in [9.17, 15) is 13.2 Å². The Balaban J connectivity index is 1.67. The van der Waals surface area contributed by atoms with Gasteiger partial charge in [0, 0.05) is 17.6 Å². The number of hydrogen-bond acceptors (Lipinski definition) is 1. The van der Waals surface area contributed by atoms with E-state index in [1.807, 2.05) is 30.3 Å². The second-order valence-corrected chi connectivity index (χ2v) is 8.53. The molecular formula is C26H31F3O. The minimum atomic E-state index is -4.65. The van der Waals surface area contributed by atoms with Crippen molar-refractivity contribution in [1.29, 1.82) is 0 Å². The summed E-state index contributed by atoms with van der Waals surface area (Å²) in [5, 5.41) is 0. The summed E-state index contributed by atoms with van der Waals surface area (Å²) in [6, 6.07) is 9.57. The van der Waals surface area contributed by atoms with Crippen LogP contribution in [0, 0.1) is 23.7 Å². The van der Waals surface area contributed by atoms with Gasteiger partial charge < -0.3 is 0 Å². The molecule has 1 nitrogen and oxygen atoms in total. The summed E-state index contributed by atoms with van der Waals surface area (Å²) in [5.74, 6) is 6.66. The molecule has 0 radical (unpaired) electrons. The van der Waals surface area contributed by atoms with Crippen LogP contribution in [0.4, 0.5) is 13.2 Å². The number of allylic oxidation sites excluding steroid dienone is 2. The number of alkyl halides is 3. The average Bonchev–Trinajstić information content (AvgIpc) is 2.74. The largest absolute Gasteiger partial charge is 0.523 e. The van der Waals surface area contributed by atoms with E-state index in [1.165, 1.54) is 25.7 Å². The molecule has 0 aromatic heterocycles. The number of unbranched alkanes of at least 4 members (excludes halogenated alkanes) is 2. The highest BCUT2D eigenvalue weighted by Crippen LogP contribution is 2.45. The van der Waals surface area contributed by atoms with Crippen molar-refractivity contribution in [2.45, 2.75) is 76.7 Å². The zero-order valence-electron chi connectivity index (χ0n) is 17.7. The van der Waals surface area contributed by atoms with Gasteiger partial charge in [0.05, 0.1) is 0 Å². The average molecular weight is 417 g/mol.